The number of benzene rings is 1. The average Bonchev–Trinajstić information content (AvgIpc) is 3.05. The predicted octanol–water partition coefficient (Wildman–Crippen LogP) is 2.63. The van der Waals surface area contributed by atoms with Crippen molar-refractivity contribution in [3.63, 3.8) is 0 Å². The van der Waals surface area contributed by atoms with Gasteiger partial charge < -0.3 is 4.42 Å². The van der Waals surface area contributed by atoms with E-state index in [1.807, 2.05) is 6.92 Å². The summed E-state index contributed by atoms with van der Waals surface area (Å²) in [5, 5.41) is 0. The number of aryl methyl sites for hydroxylation is 1. The van der Waals surface area contributed by atoms with E-state index < -0.39 is 16.1 Å². The van der Waals surface area contributed by atoms with Gasteiger partial charge in [-0.2, -0.15) is 8.75 Å². The molecule has 3 aromatic rings. The Bertz CT molecular complexity index is 883. The van der Waals surface area contributed by atoms with Gasteiger partial charge in [-0.25, -0.2) is 13.1 Å². The molecular weight excluding hydrogens is 310 g/mol. The Morgan fingerprint density at radius 2 is 2.05 bits per heavy atom. The lowest BCUT2D eigenvalue weighted by Gasteiger charge is -2.12. The van der Waals surface area contributed by atoms with Crippen molar-refractivity contribution in [2.75, 3.05) is 0 Å². The van der Waals surface area contributed by atoms with E-state index in [4.69, 9.17) is 4.42 Å². The van der Waals surface area contributed by atoms with Crippen molar-refractivity contribution in [2.24, 2.45) is 0 Å². The summed E-state index contributed by atoms with van der Waals surface area (Å²) in [7, 11) is -3.70. The molecule has 6 nitrogen and oxygen atoms in total. The fourth-order valence-electron chi connectivity index (χ4n) is 2.04. The molecule has 2 heterocycles. The van der Waals surface area contributed by atoms with Gasteiger partial charge in [-0.3, -0.25) is 0 Å². The summed E-state index contributed by atoms with van der Waals surface area (Å²) in [5.74, 6) is 1.31. The van der Waals surface area contributed by atoms with Crippen LogP contribution in [0.25, 0.3) is 11.0 Å². The van der Waals surface area contributed by atoms with E-state index in [1.165, 1.54) is 6.07 Å². The van der Waals surface area contributed by atoms with Crippen LogP contribution in [0.5, 0.6) is 0 Å². The Hall–Kier alpha value is -1.77. The molecule has 0 saturated carbocycles. The normalized spacial score (nSPS) is 13.6. The SMILES string of the molecule is Cc1ccc(C(C)NS(=O)(=O)c2cccc3nsnc23)o1. The number of rotatable bonds is 4. The van der Waals surface area contributed by atoms with Crippen LogP contribution in [0.1, 0.15) is 24.5 Å². The van der Waals surface area contributed by atoms with Crippen LogP contribution < -0.4 is 4.72 Å². The Kier molecular flexibility index (Phi) is 3.52. The average molecular weight is 323 g/mol. The molecule has 1 aromatic carbocycles. The van der Waals surface area contributed by atoms with Gasteiger partial charge in [0.25, 0.3) is 0 Å². The second-order valence-electron chi connectivity index (χ2n) is 4.68. The highest BCUT2D eigenvalue weighted by Crippen LogP contribution is 2.23. The van der Waals surface area contributed by atoms with Crippen molar-refractivity contribution in [3.05, 3.63) is 41.9 Å². The van der Waals surface area contributed by atoms with E-state index in [1.54, 1.807) is 31.2 Å². The molecule has 1 unspecified atom stereocenters. The molecule has 0 aliphatic carbocycles. The standard InChI is InChI=1S/C13H13N3O3S2/c1-8-6-7-11(19-8)9(2)16-21(17,18)12-5-3-4-10-13(12)15-20-14-10/h3-7,9,16H,1-2H3. The maximum absolute atomic E-state index is 12.5. The molecule has 3 rings (SSSR count). The second-order valence-corrected chi connectivity index (χ2v) is 6.89. The molecule has 110 valence electrons. The van der Waals surface area contributed by atoms with Gasteiger partial charge in [-0.15, -0.1) is 0 Å². The number of furan rings is 1. The zero-order valence-corrected chi connectivity index (χ0v) is 13.0. The van der Waals surface area contributed by atoms with Crippen LogP contribution in [0.2, 0.25) is 0 Å². The molecule has 0 saturated heterocycles. The fourth-order valence-corrected chi connectivity index (χ4v) is 4.02. The van der Waals surface area contributed by atoms with Crippen LogP contribution in [0.3, 0.4) is 0 Å². The van der Waals surface area contributed by atoms with E-state index in [2.05, 4.69) is 13.5 Å². The molecule has 0 bridgehead atoms. The summed E-state index contributed by atoms with van der Waals surface area (Å²) in [6, 6.07) is 7.99. The lowest BCUT2D eigenvalue weighted by Crippen LogP contribution is -2.26. The van der Waals surface area contributed by atoms with Crippen molar-refractivity contribution >= 4 is 32.8 Å². The van der Waals surface area contributed by atoms with Crippen LogP contribution in [0.4, 0.5) is 0 Å². The van der Waals surface area contributed by atoms with Gasteiger partial charge in [0.2, 0.25) is 10.0 Å². The molecule has 0 fully saturated rings. The third kappa shape index (κ3) is 2.69. The molecule has 1 atom stereocenters. The van der Waals surface area contributed by atoms with Gasteiger partial charge in [0.15, 0.2) is 0 Å². The van der Waals surface area contributed by atoms with Gasteiger partial charge >= 0.3 is 0 Å². The molecule has 21 heavy (non-hydrogen) atoms. The predicted molar refractivity (Wildman–Crippen MR) is 79.6 cm³/mol. The van der Waals surface area contributed by atoms with E-state index in [-0.39, 0.29) is 4.90 Å². The van der Waals surface area contributed by atoms with Crippen molar-refractivity contribution in [3.8, 4) is 0 Å². The topological polar surface area (TPSA) is 85.1 Å². The zero-order chi connectivity index (χ0) is 15.0. The minimum absolute atomic E-state index is 0.129. The van der Waals surface area contributed by atoms with Crippen LogP contribution in [-0.4, -0.2) is 17.2 Å². The quantitative estimate of drug-likeness (QED) is 0.798. The Morgan fingerprint density at radius 3 is 2.76 bits per heavy atom. The molecule has 0 aliphatic heterocycles. The number of hydrogen-bond acceptors (Lipinski definition) is 6. The number of nitrogens with one attached hydrogen (secondary N) is 1. The van der Waals surface area contributed by atoms with Gasteiger partial charge in [0.1, 0.15) is 27.4 Å². The van der Waals surface area contributed by atoms with E-state index in [0.29, 0.717) is 16.8 Å². The molecule has 0 spiro atoms. The molecule has 8 heteroatoms. The Balaban J connectivity index is 1.95. The first-order valence-electron chi connectivity index (χ1n) is 6.27. The summed E-state index contributed by atoms with van der Waals surface area (Å²) >= 11 is 0.991. The number of nitrogens with zero attached hydrogens (tertiary/aromatic N) is 2. The molecule has 0 radical (unpaired) electrons. The molecule has 2 aromatic heterocycles. The summed E-state index contributed by atoms with van der Waals surface area (Å²) < 4.78 is 41.2. The lowest BCUT2D eigenvalue weighted by atomic mass is 10.3. The maximum atomic E-state index is 12.5. The van der Waals surface area contributed by atoms with Crippen LogP contribution >= 0.6 is 11.7 Å². The Labute approximate surface area is 126 Å². The third-order valence-corrected chi connectivity index (χ3v) is 5.17. The lowest BCUT2D eigenvalue weighted by molar-refractivity contribution is 0.441. The van der Waals surface area contributed by atoms with Gasteiger partial charge in [0, 0.05) is 0 Å². The van der Waals surface area contributed by atoms with Crippen molar-refractivity contribution in [1.29, 1.82) is 0 Å². The minimum Gasteiger partial charge on any atom is -0.465 e. The van der Waals surface area contributed by atoms with E-state index in [9.17, 15) is 8.42 Å². The highest BCUT2D eigenvalue weighted by atomic mass is 32.2. The van der Waals surface area contributed by atoms with Crippen molar-refractivity contribution in [2.45, 2.75) is 24.8 Å². The van der Waals surface area contributed by atoms with Crippen LogP contribution in [0, 0.1) is 6.92 Å². The molecule has 0 amide bonds. The molecule has 0 aliphatic rings. The monoisotopic (exact) mass is 323 g/mol. The highest BCUT2D eigenvalue weighted by Gasteiger charge is 2.23. The van der Waals surface area contributed by atoms with Gasteiger partial charge in [0.05, 0.1) is 17.8 Å². The second kappa shape index (κ2) is 5.21. The fraction of sp³-hybridized carbons (Fsp3) is 0.231. The minimum atomic E-state index is -3.70. The third-order valence-electron chi connectivity index (χ3n) is 3.06. The summed E-state index contributed by atoms with van der Waals surface area (Å²) in [5.41, 5.74) is 0.960. The van der Waals surface area contributed by atoms with E-state index >= 15 is 0 Å². The van der Waals surface area contributed by atoms with Crippen LogP contribution in [0.15, 0.2) is 39.6 Å². The first kappa shape index (κ1) is 14.2. The first-order valence-corrected chi connectivity index (χ1v) is 8.49. The largest absolute Gasteiger partial charge is 0.465 e. The maximum Gasteiger partial charge on any atom is 0.243 e. The first-order chi connectivity index (χ1) is 9.97. The van der Waals surface area contributed by atoms with Crippen molar-refractivity contribution < 1.29 is 12.8 Å². The van der Waals surface area contributed by atoms with Gasteiger partial charge in [-0.05, 0) is 38.1 Å². The molecule has 1 N–H and O–H groups in total. The number of sulfonamides is 1. The van der Waals surface area contributed by atoms with Gasteiger partial charge in [-0.1, -0.05) is 6.07 Å². The van der Waals surface area contributed by atoms with Crippen LogP contribution in [-0.2, 0) is 10.0 Å². The molecular formula is C13H13N3O3S2. The number of fused-ring (bicyclic) bond motifs is 1. The summed E-state index contributed by atoms with van der Waals surface area (Å²) in [6.45, 7) is 3.54. The smallest absolute Gasteiger partial charge is 0.243 e. The number of aromatic nitrogens is 2. The summed E-state index contributed by atoms with van der Waals surface area (Å²) in [4.78, 5) is 0.129. The number of hydrogen-bond donors (Lipinski definition) is 1. The zero-order valence-electron chi connectivity index (χ0n) is 11.4. The van der Waals surface area contributed by atoms with Crippen molar-refractivity contribution in [1.82, 2.24) is 13.5 Å². The van der Waals surface area contributed by atoms with E-state index in [0.717, 1.165) is 17.5 Å². The highest BCUT2D eigenvalue weighted by molar-refractivity contribution is 7.89. The summed E-state index contributed by atoms with van der Waals surface area (Å²) in [6.07, 6.45) is 0. The Morgan fingerprint density at radius 1 is 1.24 bits per heavy atom.